The van der Waals surface area contributed by atoms with Crippen molar-refractivity contribution in [2.24, 2.45) is 10.2 Å². The van der Waals surface area contributed by atoms with Crippen molar-refractivity contribution >= 4 is 5.91 Å². The molecule has 1 amide bonds. The Morgan fingerprint density at radius 1 is 1.20 bits per heavy atom. The highest BCUT2D eigenvalue weighted by Crippen LogP contribution is 2.36. The Balaban J connectivity index is 1.58. The van der Waals surface area contributed by atoms with Crippen LogP contribution in [0.3, 0.4) is 0 Å². The molecular weight excluding hydrogens is 316 g/mol. The average molecular weight is 334 g/mol. The van der Waals surface area contributed by atoms with Crippen LogP contribution in [0, 0.1) is 12.3 Å². The minimum Gasteiger partial charge on any atom is -0.455 e. The van der Waals surface area contributed by atoms with Gasteiger partial charge in [-0.05, 0) is 24.3 Å². The lowest BCUT2D eigenvalue weighted by molar-refractivity contribution is 0.0949. The van der Waals surface area contributed by atoms with Crippen LogP contribution in [0.15, 0.2) is 59.0 Å². The zero-order chi connectivity index (χ0) is 17.5. The highest BCUT2D eigenvalue weighted by atomic mass is 16.5. The fourth-order valence-corrected chi connectivity index (χ4v) is 2.42. The molecule has 0 aliphatic carbocycles. The largest absolute Gasteiger partial charge is 0.455 e. The first-order valence-electron chi connectivity index (χ1n) is 8.05. The first-order chi connectivity index (χ1) is 12.2. The van der Waals surface area contributed by atoms with Crippen LogP contribution in [-0.2, 0) is 0 Å². The molecule has 1 aromatic heterocycles. The molecule has 0 bridgehead atoms. The van der Waals surface area contributed by atoms with Crippen LogP contribution in [0.25, 0.3) is 0 Å². The number of amides is 1. The normalized spacial score (nSPS) is 13.7. The Morgan fingerprint density at radius 3 is 2.76 bits per heavy atom. The number of ether oxygens (including phenoxy) is 1. The standard InChI is InChI=1S/C19H18N4O2/c1-2-3-10-19(22-23-19)11-13-21-18(24)16-8-4-5-9-17(16)25-15-7-6-12-20-14-15/h1,4-9,12,14H,3,10-11,13H2,(H,21,24). The van der Waals surface area contributed by atoms with Gasteiger partial charge in [0.25, 0.3) is 5.91 Å². The van der Waals surface area contributed by atoms with Crippen LogP contribution in [0.1, 0.15) is 29.6 Å². The zero-order valence-electron chi connectivity index (χ0n) is 13.7. The molecule has 0 saturated carbocycles. The van der Waals surface area contributed by atoms with Crippen molar-refractivity contribution in [1.29, 1.82) is 0 Å². The van der Waals surface area contributed by atoms with E-state index in [1.54, 1.807) is 42.7 Å². The number of aromatic nitrogens is 1. The van der Waals surface area contributed by atoms with Crippen molar-refractivity contribution in [3.05, 3.63) is 54.4 Å². The van der Waals surface area contributed by atoms with E-state index in [2.05, 4.69) is 26.4 Å². The molecule has 0 atom stereocenters. The fraction of sp³-hybridized carbons (Fsp3) is 0.263. The SMILES string of the molecule is C#CCCC1(CCNC(=O)c2ccccc2Oc2cccnc2)N=N1. The third kappa shape index (κ3) is 4.42. The van der Waals surface area contributed by atoms with Crippen molar-refractivity contribution in [1.82, 2.24) is 10.3 Å². The average Bonchev–Trinajstić information content (AvgIpc) is 3.41. The van der Waals surface area contributed by atoms with Crippen molar-refractivity contribution in [3.8, 4) is 23.8 Å². The number of carbonyl (C=O) groups excluding carboxylic acids is 1. The van der Waals surface area contributed by atoms with Gasteiger partial charge in [0, 0.05) is 32.0 Å². The van der Waals surface area contributed by atoms with E-state index in [0.717, 1.165) is 6.42 Å². The summed E-state index contributed by atoms with van der Waals surface area (Å²) in [6.45, 7) is 0.470. The second kappa shape index (κ2) is 7.58. The van der Waals surface area contributed by atoms with Gasteiger partial charge in [0.1, 0.15) is 11.5 Å². The number of nitrogens with one attached hydrogen (secondary N) is 1. The lowest BCUT2D eigenvalue weighted by Gasteiger charge is -2.12. The van der Waals surface area contributed by atoms with Gasteiger partial charge in [-0.1, -0.05) is 12.1 Å². The van der Waals surface area contributed by atoms with Crippen molar-refractivity contribution in [2.75, 3.05) is 6.54 Å². The number of terminal acetylenes is 1. The van der Waals surface area contributed by atoms with Crippen LogP contribution < -0.4 is 10.1 Å². The van der Waals surface area contributed by atoms with Crippen LogP contribution in [-0.4, -0.2) is 23.1 Å². The smallest absolute Gasteiger partial charge is 0.255 e. The van der Waals surface area contributed by atoms with E-state index in [1.165, 1.54) is 0 Å². The third-order valence-corrected chi connectivity index (χ3v) is 3.86. The Kier molecular flexibility index (Phi) is 5.05. The number of benzene rings is 1. The zero-order valence-corrected chi connectivity index (χ0v) is 13.7. The highest BCUT2D eigenvalue weighted by Gasteiger charge is 2.38. The van der Waals surface area contributed by atoms with Gasteiger partial charge < -0.3 is 10.1 Å². The lowest BCUT2D eigenvalue weighted by Crippen LogP contribution is -2.28. The Labute approximate surface area is 146 Å². The highest BCUT2D eigenvalue weighted by molar-refractivity contribution is 5.97. The van der Waals surface area contributed by atoms with E-state index in [1.807, 2.05) is 6.07 Å². The van der Waals surface area contributed by atoms with Gasteiger partial charge in [-0.25, -0.2) is 0 Å². The maximum absolute atomic E-state index is 12.5. The van der Waals surface area contributed by atoms with Crippen molar-refractivity contribution in [3.63, 3.8) is 0 Å². The monoisotopic (exact) mass is 334 g/mol. The Hall–Kier alpha value is -3.20. The first kappa shape index (κ1) is 16.7. The number of hydrogen-bond donors (Lipinski definition) is 1. The summed E-state index contributed by atoms with van der Waals surface area (Å²) in [6.07, 6.45) is 10.5. The number of para-hydroxylation sites is 1. The molecule has 0 radical (unpaired) electrons. The number of pyridine rings is 1. The first-order valence-corrected chi connectivity index (χ1v) is 8.05. The third-order valence-electron chi connectivity index (χ3n) is 3.86. The second-order valence-electron chi connectivity index (χ2n) is 5.68. The summed E-state index contributed by atoms with van der Waals surface area (Å²) >= 11 is 0. The quantitative estimate of drug-likeness (QED) is 0.750. The van der Waals surface area contributed by atoms with E-state index in [4.69, 9.17) is 11.2 Å². The van der Waals surface area contributed by atoms with Gasteiger partial charge in [-0.2, -0.15) is 10.2 Å². The maximum atomic E-state index is 12.5. The molecular formula is C19H18N4O2. The predicted molar refractivity (Wildman–Crippen MR) is 93.4 cm³/mol. The van der Waals surface area contributed by atoms with Gasteiger partial charge in [-0.15, -0.1) is 12.3 Å². The molecule has 1 aliphatic heterocycles. The molecule has 1 N–H and O–H groups in total. The van der Waals surface area contributed by atoms with Crippen LogP contribution in [0.4, 0.5) is 0 Å². The van der Waals surface area contributed by atoms with E-state index in [9.17, 15) is 4.79 Å². The molecule has 0 fully saturated rings. The topological polar surface area (TPSA) is 75.9 Å². The summed E-state index contributed by atoms with van der Waals surface area (Å²) < 4.78 is 5.76. The molecule has 1 aliphatic rings. The molecule has 0 saturated heterocycles. The molecule has 126 valence electrons. The summed E-state index contributed by atoms with van der Waals surface area (Å²) in [6, 6.07) is 10.6. The summed E-state index contributed by atoms with van der Waals surface area (Å²) in [4.78, 5) is 16.5. The minimum atomic E-state index is -0.397. The van der Waals surface area contributed by atoms with Crippen LogP contribution in [0.5, 0.6) is 11.5 Å². The fourth-order valence-electron chi connectivity index (χ4n) is 2.42. The van der Waals surface area contributed by atoms with Crippen molar-refractivity contribution in [2.45, 2.75) is 24.9 Å². The predicted octanol–water partition coefficient (Wildman–Crippen LogP) is 3.57. The molecule has 0 unspecified atom stereocenters. The van der Waals surface area contributed by atoms with Crippen LogP contribution in [0.2, 0.25) is 0 Å². The molecule has 3 rings (SSSR count). The minimum absolute atomic E-state index is 0.202. The number of carbonyl (C=O) groups is 1. The summed E-state index contributed by atoms with van der Waals surface area (Å²) in [5, 5.41) is 11.0. The molecule has 6 heteroatoms. The van der Waals surface area contributed by atoms with E-state index in [0.29, 0.717) is 36.4 Å². The molecule has 0 spiro atoms. The van der Waals surface area contributed by atoms with Gasteiger partial charge in [-0.3, -0.25) is 9.78 Å². The van der Waals surface area contributed by atoms with Gasteiger partial charge in [0.05, 0.1) is 11.8 Å². The van der Waals surface area contributed by atoms with E-state index >= 15 is 0 Å². The number of hydrogen-bond acceptors (Lipinski definition) is 5. The van der Waals surface area contributed by atoms with Crippen molar-refractivity contribution < 1.29 is 9.53 Å². The van der Waals surface area contributed by atoms with Crippen LogP contribution >= 0.6 is 0 Å². The van der Waals surface area contributed by atoms with E-state index in [-0.39, 0.29) is 5.91 Å². The molecule has 2 heterocycles. The second-order valence-corrected chi connectivity index (χ2v) is 5.68. The molecule has 25 heavy (non-hydrogen) atoms. The lowest BCUT2D eigenvalue weighted by atomic mass is 10.0. The summed E-state index contributed by atoms with van der Waals surface area (Å²) in [5.74, 6) is 3.45. The number of rotatable bonds is 8. The van der Waals surface area contributed by atoms with E-state index < -0.39 is 5.66 Å². The molecule has 1 aromatic carbocycles. The summed E-state index contributed by atoms with van der Waals surface area (Å²) in [7, 11) is 0. The number of nitrogens with zero attached hydrogens (tertiary/aromatic N) is 3. The molecule has 6 nitrogen and oxygen atoms in total. The molecule has 2 aromatic rings. The summed E-state index contributed by atoms with van der Waals surface area (Å²) in [5.41, 5.74) is 0.0689. The Bertz CT molecular complexity index is 806. The van der Waals surface area contributed by atoms with Gasteiger partial charge in [0.15, 0.2) is 5.66 Å². The van der Waals surface area contributed by atoms with Gasteiger partial charge in [0.2, 0.25) is 0 Å². The maximum Gasteiger partial charge on any atom is 0.255 e. The Morgan fingerprint density at radius 2 is 2.04 bits per heavy atom. The van der Waals surface area contributed by atoms with Gasteiger partial charge >= 0.3 is 0 Å².